The van der Waals surface area contributed by atoms with E-state index in [1.54, 1.807) is 0 Å². The number of hydrogen-bond donors (Lipinski definition) is 1. The standard InChI is InChI=1S/C16H24N2O2/c1-2-20-16(10-5-3-4-6-11-16)15-17-13-9-7-8-12(13)14(19)18-15/h2-11H2,1H3,(H,17,18,19). The molecule has 1 N–H and O–H groups in total. The number of aromatic amines is 1. The van der Waals surface area contributed by atoms with E-state index in [-0.39, 0.29) is 11.2 Å². The average Bonchev–Trinajstić information content (AvgIpc) is 2.79. The predicted molar refractivity (Wildman–Crippen MR) is 77.9 cm³/mol. The van der Waals surface area contributed by atoms with Crippen molar-refractivity contribution >= 4 is 0 Å². The molecule has 0 radical (unpaired) electrons. The SMILES string of the molecule is CCOC1(c2nc3c(c(=O)[nH]2)CCC3)CCCCCC1. The third-order valence-corrected chi connectivity index (χ3v) is 4.70. The predicted octanol–water partition coefficient (Wildman–Crippen LogP) is 2.84. The summed E-state index contributed by atoms with van der Waals surface area (Å²) in [7, 11) is 0. The van der Waals surface area contributed by atoms with Gasteiger partial charge in [0.15, 0.2) is 0 Å². The maximum Gasteiger partial charge on any atom is 0.254 e. The summed E-state index contributed by atoms with van der Waals surface area (Å²) in [4.78, 5) is 20.1. The van der Waals surface area contributed by atoms with Crippen molar-refractivity contribution < 1.29 is 4.74 Å². The molecule has 0 aliphatic heterocycles. The topological polar surface area (TPSA) is 55.0 Å². The van der Waals surface area contributed by atoms with Gasteiger partial charge in [0.05, 0.1) is 5.69 Å². The molecule has 1 fully saturated rings. The van der Waals surface area contributed by atoms with Crippen LogP contribution in [0, 0.1) is 0 Å². The number of aryl methyl sites for hydroxylation is 1. The molecule has 0 amide bonds. The van der Waals surface area contributed by atoms with Gasteiger partial charge in [-0.25, -0.2) is 4.98 Å². The Hall–Kier alpha value is -1.16. The number of nitrogens with one attached hydrogen (secondary N) is 1. The summed E-state index contributed by atoms with van der Waals surface area (Å²) in [6.45, 7) is 2.69. The second-order valence-corrected chi connectivity index (χ2v) is 6.03. The Kier molecular flexibility index (Phi) is 3.92. The van der Waals surface area contributed by atoms with Gasteiger partial charge >= 0.3 is 0 Å². The first kappa shape index (κ1) is 13.8. The third-order valence-electron chi connectivity index (χ3n) is 4.70. The highest BCUT2D eigenvalue weighted by Crippen LogP contribution is 2.37. The Labute approximate surface area is 120 Å². The Bertz CT molecular complexity index is 528. The minimum absolute atomic E-state index is 0.0609. The summed E-state index contributed by atoms with van der Waals surface area (Å²) >= 11 is 0. The van der Waals surface area contributed by atoms with Crippen molar-refractivity contribution in [2.24, 2.45) is 0 Å². The van der Waals surface area contributed by atoms with Crippen molar-refractivity contribution in [2.75, 3.05) is 6.61 Å². The first-order valence-electron chi connectivity index (χ1n) is 8.02. The second kappa shape index (κ2) is 5.68. The maximum atomic E-state index is 12.3. The lowest BCUT2D eigenvalue weighted by atomic mass is 9.92. The first-order valence-corrected chi connectivity index (χ1v) is 8.02. The summed E-state index contributed by atoms with van der Waals surface area (Å²) in [5.41, 5.74) is 1.61. The zero-order chi connectivity index (χ0) is 14.0. The van der Waals surface area contributed by atoms with Crippen LogP contribution in [-0.2, 0) is 23.2 Å². The zero-order valence-corrected chi connectivity index (χ0v) is 12.3. The molecule has 4 nitrogen and oxygen atoms in total. The fourth-order valence-electron chi connectivity index (χ4n) is 3.68. The number of hydrogen-bond acceptors (Lipinski definition) is 3. The van der Waals surface area contributed by atoms with E-state index in [0.29, 0.717) is 6.61 Å². The lowest BCUT2D eigenvalue weighted by Gasteiger charge is -2.31. The molecule has 3 rings (SSSR count). The van der Waals surface area contributed by atoms with Crippen LogP contribution in [0.15, 0.2) is 4.79 Å². The molecule has 0 aromatic carbocycles. The van der Waals surface area contributed by atoms with Crippen molar-refractivity contribution in [1.29, 1.82) is 0 Å². The summed E-state index contributed by atoms with van der Waals surface area (Å²) < 4.78 is 6.12. The van der Waals surface area contributed by atoms with Gasteiger partial charge in [-0.05, 0) is 39.0 Å². The maximum absolute atomic E-state index is 12.3. The van der Waals surface area contributed by atoms with Gasteiger partial charge in [0, 0.05) is 12.2 Å². The Balaban J connectivity index is 2.03. The molecule has 0 unspecified atom stereocenters. The van der Waals surface area contributed by atoms with Crippen molar-refractivity contribution in [3.63, 3.8) is 0 Å². The monoisotopic (exact) mass is 276 g/mol. The summed E-state index contributed by atoms with van der Waals surface area (Å²) in [6.07, 6.45) is 9.63. The molecule has 1 heterocycles. The number of H-pyrrole nitrogens is 1. The molecule has 110 valence electrons. The average molecular weight is 276 g/mol. The van der Waals surface area contributed by atoms with Crippen LogP contribution in [0.2, 0.25) is 0 Å². The molecule has 2 aliphatic rings. The van der Waals surface area contributed by atoms with Gasteiger partial charge in [0.1, 0.15) is 11.4 Å². The van der Waals surface area contributed by atoms with Crippen LogP contribution in [0.4, 0.5) is 0 Å². The van der Waals surface area contributed by atoms with E-state index in [1.165, 1.54) is 12.8 Å². The second-order valence-electron chi connectivity index (χ2n) is 6.03. The minimum atomic E-state index is -0.359. The highest BCUT2D eigenvalue weighted by molar-refractivity contribution is 5.24. The fourth-order valence-corrected chi connectivity index (χ4v) is 3.68. The molecule has 0 spiro atoms. The molecular formula is C16H24N2O2. The minimum Gasteiger partial charge on any atom is -0.367 e. The van der Waals surface area contributed by atoms with E-state index in [1.807, 2.05) is 6.92 Å². The molecule has 2 aliphatic carbocycles. The van der Waals surface area contributed by atoms with Gasteiger partial charge in [0.2, 0.25) is 0 Å². The zero-order valence-electron chi connectivity index (χ0n) is 12.3. The highest BCUT2D eigenvalue weighted by atomic mass is 16.5. The van der Waals surface area contributed by atoms with Gasteiger partial charge in [-0.2, -0.15) is 0 Å². The van der Waals surface area contributed by atoms with Crippen molar-refractivity contribution in [3.8, 4) is 0 Å². The van der Waals surface area contributed by atoms with Crippen LogP contribution in [0.25, 0.3) is 0 Å². The Morgan fingerprint density at radius 3 is 2.60 bits per heavy atom. The molecule has 0 atom stereocenters. The van der Waals surface area contributed by atoms with E-state index in [4.69, 9.17) is 9.72 Å². The van der Waals surface area contributed by atoms with Crippen LogP contribution in [-0.4, -0.2) is 16.6 Å². The Morgan fingerprint density at radius 1 is 1.15 bits per heavy atom. The number of fused-ring (bicyclic) bond motifs is 1. The quantitative estimate of drug-likeness (QED) is 0.864. The highest BCUT2D eigenvalue weighted by Gasteiger charge is 2.37. The molecule has 1 saturated carbocycles. The molecule has 4 heteroatoms. The van der Waals surface area contributed by atoms with E-state index in [2.05, 4.69) is 4.98 Å². The van der Waals surface area contributed by atoms with Gasteiger partial charge in [-0.1, -0.05) is 25.7 Å². The van der Waals surface area contributed by atoms with Gasteiger partial charge in [-0.3, -0.25) is 4.79 Å². The van der Waals surface area contributed by atoms with Crippen LogP contribution >= 0.6 is 0 Å². The molecule has 20 heavy (non-hydrogen) atoms. The Morgan fingerprint density at radius 2 is 1.90 bits per heavy atom. The molecule has 0 bridgehead atoms. The third kappa shape index (κ3) is 2.41. The number of nitrogens with zero attached hydrogens (tertiary/aromatic N) is 1. The number of aromatic nitrogens is 2. The normalized spacial score (nSPS) is 21.4. The summed E-state index contributed by atoms with van der Waals surface area (Å²) in [5.74, 6) is 0.784. The summed E-state index contributed by atoms with van der Waals surface area (Å²) in [6, 6.07) is 0. The van der Waals surface area contributed by atoms with Crippen molar-refractivity contribution in [1.82, 2.24) is 9.97 Å². The van der Waals surface area contributed by atoms with Crippen molar-refractivity contribution in [2.45, 2.75) is 70.3 Å². The van der Waals surface area contributed by atoms with Crippen molar-refractivity contribution in [3.05, 3.63) is 27.4 Å². The summed E-state index contributed by atoms with van der Waals surface area (Å²) in [5, 5.41) is 0. The van der Waals surface area contributed by atoms with E-state index < -0.39 is 0 Å². The van der Waals surface area contributed by atoms with Crippen LogP contribution in [0.3, 0.4) is 0 Å². The lowest BCUT2D eigenvalue weighted by Crippen LogP contribution is -2.35. The van der Waals surface area contributed by atoms with E-state index in [0.717, 1.165) is 62.0 Å². The molecule has 0 saturated heterocycles. The fraction of sp³-hybridized carbons (Fsp3) is 0.750. The lowest BCUT2D eigenvalue weighted by molar-refractivity contribution is -0.0627. The smallest absolute Gasteiger partial charge is 0.254 e. The van der Waals surface area contributed by atoms with E-state index >= 15 is 0 Å². The van der Waals surface area contributed by atoms with Crippen LogP contribution < -0.4 is 5.56 Å². The van der Waals surface area contributed by atoms with Gasteiger partial charge in [-0.15, -0.1) is 0 Å². The van der Waals surface area contributed by atoms with Gasteiger partial charge in [0.25, 0.3) is 5.56 Å². The molecular weight excluding hydrogens is 252 g/mol. The van der Waals surface area contributed by atoms with Crippen LogP contribution in [0.1, 0.15) is 69.0 Å². The van der Waals surface area contributed by atoms with Crippen LogP contribution in [0.5, 0.6) is 0 Å². The largest absolute Gasteiger partial charge is 0.367 e. The number of rotatable bonds is 3. The molecule has 1 aromatic rings. The van der Waals surface area contributed by atoms with Gasteiger partial charge < -0.3 is 9.72 Å². The first-order chi connectivity index (χ1) is 9.75. The molecule has 1 aromatic heterocycles. The number of ether oxygens (including phenoxy) is 1. The van der Waals surface area contributed by atoms with E-state index in [9.17, 15) is 4.79 Å².